The fourth-order valence-corrected chi connectivity index (χ4v) is 3.35. The van der Waals surface area contributed by atoms with E-state index in [1.54, 1.807) is 12.4 Å². The first-order valence-corrected chi connectivity index (χ1v) is 8.01. The number of hydrogen-bond acceptors (Lipinski definition) is 4. The van der Waals surface area contributed by atoms with Crippen LogP contribution in [0.1, 0.15) is 49.3 Å². The third-order valence-electron chi connectivity index (χ3n) is 4.65. The molecule has 0 saturated heterocycles. The van der Waals surface area contributed by atoms with E-state index in [4.69, 9.17) is 4.74 Å². The third-order valence-corrected chi connectivity index (χ3v) is 4.65. The molecule has 0 radical (unpaired) electrons. The SMILES string of the molecule is COc1cc([C@@H](C)N[C@H]2CC[C@@H](c3cncnc3)C2)ccc1F. The number of rotatable bonds is 5. The second-order valence-electron chi connectivity index (χ2n) is 6.16. The van der Waals surface area contributed by atoms with Gasteiger partial charge in [-0.1, -0.05) is 6.07 Å². The van der Waals surface area contributed by atoms with Gasteiger partial charge in [-0.2, -0.15) is 0 Å². The molecule has 23 heavy (non-hydrogen) atoms. The van der Waals surface area contributed by atoms with Crippen LogP contribution in [0, 0.1) is 5.82 Å². The van der Waals surface area contributed by atoms with Gasteiger partial charge in [0.2, 0.25) is 0 Å². The molecule has 3 rings (SSSR count). The average Bonchev–Trinajstić information content (AvgIpc) is 3.04. The van der Waals surface area contributed by atoms with Crippen molar-refractivity contribution in [2.75, 3.05) is 7.11 Å². The normalized spacial score (nSPS) is 22.0. The number of methoxy groups -OCH3 is 1. The Morgan fingerprint density at radius 1 is 1.26 bits per heavy atom. The van der Waals surface area contributed by atoms with Crippen LogP contribution in [0.25, 0.3) is 0 Å². The maximum absolute atomic E-state index is 13.5. The second kappa shape index (κ2) is 7.04. The molecule has 3 atom stereocenters. The van der Waals surface area contributed by atoms with Crippen LogP contribution in [0.4, 0.5) is 4.39 Å². The van der Waals surface area contributed by atoms with Gasteiger partial charge in [0.1, 0.15) is 6.33 Å². The van der Waals surface area contributed by atoms with Gasteiger partial charge in [0.05, 0.1) is 7.11 Å². The summed E-state index contributed by atoms with van der Waals surface area (Å²) < 4.78 is 18.6. The Hall–Kier alpha value is -2.01. The highest BCUT2D eigenvalue weighted by atomic mass is 19.1. The highest BCUT2D eigenvalue weighted by molar-refractivity contribution is 5.32. The lowest BCUT2D eigenvalue weighted by molar-refractivity contribution is 0.384. The van der Waals surface area contributed by atoms with E-state index in [1.807, 2.05) is 18.5 Å². The molecule has 0 spiro atoms. The number of hydrogen-bond donors (Lipinski definition) is 1. The number of aromatic nitrogens is 2. The van der Waals surface area contributed by atoms with Gasteiger partial charge in [-0.15, -0.1) is 0 Å². The van der Waals surface area contributed by atoms with Gasteiger partial charge < -0.3 is 10.1 Å². The maximum atomic E-state index is 13.5. The molecule has 1 aliphatic rings. The van der Waals surface area contributed by atoms with Crippen LogP contribution >= 0.6 is 0 Å². The van der Waals surface area contributed by atoms with E-state index in [9.17, 15) is 4.39 Å². The van der Waals surface area contributed by atoms with Crippen LogP contribution in [0.15, 0.2) is 36.9 Å². The summed E-state index contributed by atoms with van der Waals surface area (Å²) >= 11 is 0. The van der Waals surface area contributed by atoms with Crippen LogP contribution in [-0.2, 0) is 0 Å². The van der Waals surface area contributed by atoms with Crippen molar-refractivity contribution in [1.29, 1.82) is 0 Å². The van der Waals surface area contributed by atoms with Crippen molar-refractivity contribution in [3.8, 4) is 5.75 Å². The molecule has 122 valence electrons. The van der Waals surface area contributed by atoms with E-state index < -0.39 is 0 Å². The highest BCUT2D eigenvalue weighted by Gasteiger charge is 2.27. The minimum atomic E-state index is -0.326. The highest BCUT2D eigenvalue weighted by Crippen LogP contribution is 2.35. The molecule has 1 fully saturated rings. The van der Waals surface area contributed by atoms with Crippen molar-refractivity contribution >= 4 is 0 Å². The molecule has 2 aromatic rings. The summed E-state index contributed by atoms with van der Waals surface area (Å²) in [4.78, 5) is 8.22. The summed E-state index contributed by atoms with van der Waals surface area (Å²) in [6, 6.07) is 5.65. The lowest BCUT2D eigenvalue weighted by atomic mass is 10.0. The minimum Gasteiger partial charge on any atom is -0.494 e. The Balaban J connectivity index is 1.62. The number of halogens is 1. The van der Waals surface area contributed by atoms with Crippen molar-refractivity contribution in [3.05, 3.63) is 53.9 Å². The predicted octanol–water partition coefficient (Wildman–Crippen LogP) is 3.61. The number of nitrogens with zero attached hydrogens (tertiary/aromatic N) is 2. The lowest BCUT2D eigenvalue weighted by Crippen LogP contribution is -2.29. The monoisotopic (exact) mass is 315 g/mol. The van der Waals surface area contributed by atoms with Crippen molar-refractivity contribution in [2.24, 2.45) is 0 Å². The number of benzene rings is 1. The molecule has 1 aliphatic carbocycles. The molecule has 5 heteroatoms. The van der Waals surface area contributed by atoms with Crippen LogP contribution < -0.4 is 10.1 Å². The van der Waals surface area contributed by atoms with Crippen molar-refractivity contribution in [3.63, 3.8) is 0 Å². The fraction of sp³-hybridized carbons (Fsp3) is 0.444. The van der Waals surface area contributed by atoms with Crippen molar-refractivity contribution < 1.29 is 9.13 Å². The summed E-state index contributed by atoms with van der Waals surface area (Å²) in [5, 5.41) is 3.65. The maximum Gasteiger partial charge on any atom is 0.165 e. The van der Waals surface area contributed by atoms with Crippen LogP contribution in [-0.4, -0.2) is 23.1 Å². The number of ether oxygens (including phenoxy) is 1. The first-order valence-electron chi connectivity index (χ1n) is 8.01. The van der Waals surface area contributed by atoms with Crippen LogP contribution in [0.5, 0.6) is 5.75 Å². The molecule has 4 nitrogen and oxygen atoms in total. The van der Waals surface area contributed by atoms with Gasteiger partial charge in [0.25, 0.3) is 0 Å². The van der Waals surface area contributed by atoms with Gasteiger partial charge in [-0.25, -0.2) is 14.4 Å². The Morgan fingerprint density at radius 2 is 2.04 bits per heavy atom. The van der Waals surface area contributed by atoms with E-state index in [2.05, 4.69) is 22.2 Å². The van der Waals surface area contributed by atoms with Gasteiger partial charge in [-0.05, 0) is 55.4 Å². The second-order valence-corrected chi connectivity index (χ2v) is 6.16. The molecule has 0 aliphatic heterocycles. The van der Waals surface area contributed by atoms with Gasteiger partial charge in [-0.3, -0.25) is 0 Å². The zero-order chi connectivity index (χ0) is 16.2. The van der Waals surface area contributed by atoms with E-state index in [0.717, 1.165) is 24.8 Å². The third kappa shape index (κ3) is 3.67. The van der Waals surface area contributed by atoms with Gasteiger partial charge in [0.15, 0.2) is 11.6 Å². The van der Waals surface area contributed by atoms with Gasteiger partial charge in [0, 0.05) is 24.5 Å². The van der Waals surface area contributed by atoms with E-state index in [-0.39, 0.29) is 11.9 Å². The molecule has 0 amide bonds. The van der Waals surface area contributed by atoms with E-state index in [0.29, 0.717) is 17.7 Å². The molecule has 1 heterocycles. The molecule has 0 unspecified atom stereocenters. The Kier molecular flexibility index (Phi) is 4.86. The molecular formula is C18H22FN3O. The van der Waals surface area contributed by atoms with Crippen LogP contribution in [0.3, 0.4) is 0 Å². The summed E-state index contributed by atoms with van der Waals surface area (Å²) in [6.07, 6.45) is 8.74. The predicted molar refractivity (Wildman–Crippen MR) is 86.9 cm³/mol. The minimum absolute atomic E-state index is 0.153. The first kappa shape index (κ1) is 15.9. The van der Waals surface area contributed by atoms with E-state index in [1.165, 1.54) is 18.7 Å². The summed E-state index contributed by atoms with van der Waals surface area (Å²) in [6.45, 7) is 2.10. The summed E-state index contributed by atoms with van der Waals surface area (Å²) in [5.41, 5.74) is 2.25. The molecule has 1 saturated carbocycles. The van der Waals surface area contributed by atoms with E-state index >= 15 is 0 Å². The largest absolute Gasteiger partial charge is 0.494 e. The zero-order valence-corrected chi connectivity index (χ0v) is 13.5. The topological polar surface area (TPSA) is 47.0 Å². The van der Waals surface area contributed by atoms with Crippen molar-refractivity contribution in [1.82, 2.24) is 15.3 Å². The molecule has 1 aromatic carbocycles. The molecule has 1 N–H and O–H groups in total. The van der Waals surface area contributed by atoms with Crippen molar-refractivity contribution in [2.45, 2.75) is 44.2 Å². The standard InChI is InChI=1S/C18H22FN3O/c1-12(13-4-6-17(19)18(8-13)23-2)22-16-5-3-14(7-16)15-9-20-11-21-10-15/h4,6,8-12,14,16,22H,3,5,7H2,1-2H3/t12-,14-,16+/m1/s1. The number of nitrogens with one attached hydrogen (secondary N) is 1. The molecule has 0 bridgehead atoms. The Morgan fingerprint density at radius 3 is 2.78 bits per heavy atom. The smallest absolute Gasteiger partial charge is 0.165 e. The molecule has 1 aromatic heterocycles. The molecular weight excluding hydrogens is 293 g/mol. The van der Waals surface area contributed by atoms with Crippen LogP contribution in [0.2, 0.25) is 0 Å². The fourth-order valence-electron chi connectivity index (χ4n) is 3.35. The quantitative estimate of drug-likeness (QED) is 0.915. The average molecular weight is 315 g/mol. The van der Waals surface area contributed by atoms with Gasteiger partial charge >= 0.3 is 0 Å². The zero-order valence-electron chi connectivity index (χ0n) is 13.5. The summed E-state index contributed by atoms with van der Waals surface area (Å²) in [7, 11) is 1.49. The lowest BCUT2D eigenvalue weighted by Gasteiger charge is -2.20. The first-order chi connectivity index (χ1) is 11.2. The Labute approximate surface area is 136 Å². The Bertz CT molecular complexity index is 650. The summed E-state index contributed by atoms with van der Waals surface area (Å²) in [5.74, 6) is 0.485.